The maximum Gasteiger partial charge on any atom is 0.104 e. The molecule has 0 heterocycles. The molecule has 0 aliphatic rings. The first kappa shape index (κ1) is 20.4. The molecule has 0 aromatic rings. The Morgan fingerprint density at radius 2 is 1.71 bits per heavy atom. The van der Waals surface area contributed by atoms with Gasteiger partial charge in [-0.3, -0.25) is 5.32 Å². The van der Waals surface area contributed by atoms with E-state index in [1.165, 1.54) is 19.4 Å². The lowest BCUT2D eigenvalue weighted by Gasteiger charge is -2.26. The number of nitrogens with one attached hydrogen (secondary N) is 1. The summed E-state index contributed by atoms with van der Waals surface area (Å²) in [6.45, 7) is 13.0. The van der Waals surface area contributed by atoms with Gasteiger partial charge in [0, 0.05) is 6.04 Å². The van der Waals surface area contributed by atoms with Gasteiger partial charge >= 0.3 is 0 Å². The first-order chi connectivity index (χ1) is 9.83. The molecule has 4 heteroatoms. The lowest BCUT2D eigenvalue weighted by atomic mass is 9.95. The molecule has 0 amide bonds. The molecular formula is C17H36N4. The summed E-state index contributed by atoms with van der Waals surface area (Å²) in [5.74, 6) is 0. The average Bonchev–Trinajstić information content (AvgIpc) is 2.40. The number of hydrogen-bond donors (Lipinski definition) is 1. The van der Waals surface area contributed by atoms with Gasteiger partial charge in [0.15, 0.2) is 0 Å². The normalized spacial score (nSPS) is 14.7. The van der Waals surface area contributed by atoms with Gasteiger partial charge in [-0.15, -0.1) is 0 Å². The van der Waals surface area contributed by atoms with Crippen molar-refractivity contribution >= 4 is 0 Å². The van der Waals surface area contributed by atoms with E-state index in [4.69, 9.17) is 0 Å². The van der Waals surface area contributed by atoms with E-state index in [0.29, 0.717) is 6.04 Å². The lowest BCUT2D eigenvalue weighted by molar-refractivity contribution is 0.256. The van der Waals surface area contributed by atoms with Gasteiger partial charge in [-0.25, -0.2) is 0 Å². The molecule has 0 bridgehead atoms. The minimum Gasteiger partial charge on any atom is -0.309 e. The number of unbranched alkanes of at least 4 members (excludes halogenated alkanes) is 1. The van der Waals surface area contributed by atoms with Crippen molar-refractivity contribution in [3.8, 4) is 6.07 Å². The van der Waals surface area contributed by atoms with E-state index in [-0.39, 0.29) is 5.54 Å². The Bertz CT molecular complexity index is 296. The van der Waals surface area contributed by atoms with E-state index in [2.05, 4.69) is 56.1 Å². The molecular weight excluding hydrogens is 260 g/mol. The van der Waals surface area contributed by atoms with Crippen LogP contribution in [-0.4, -0.2) is 61.7 Å². The van der Waals surface area contributed by atoms with Crippen LogP contribution in [0.25, 0.3) is 0 Å². The van der Waals surface area contributed by atoms with Gasteiger partial charge in [-0.1, -0.05) is 6.92 Å². The molecule has 0 aliphatic heterocycles. The Balaban J connectivity index is 3.92. The largest absolute Gasteiger partial charge is 0.309 e. The van der Waals surface area contributed by atoms with Crippen LogP contribution in [0.2, 0.25) is 0 Å². The summed E-state index contributed by atoms with van der Waals surface area (Å²) in [4.78, 5) is 4.76. The molecule has 1 unspecified atom stereocenters. The first-order valence-electron chi connectivity index (χ1n) is 8.39. The highest BCUT2D eigenvalue weighted by Crippen LogP contribution is 2.14. The van der Waals surface area contributed by atoms with Crippen LogP contribution in [0.15, 0.2) is 0 Å². The predicted molar refractivity (Wildman–Crippen MR) is 91.4 cm³/mol. The monoisotopic (exact) mass is 296 g/mol. The van der Waals surface area contributed by atoms with Crippen molar-refractivity contribution in [1.29, 1.82) is 5.26 Å². The van der Waals surface area contributed by atoms with Crippen LogP contribution in [-0.2, 0) is 0 Å². The second kappa shape index (κ2) is 11.0. The molecule has 0 saturated heterocycles. The molecule has 0 rings (SSSR count). The second-order valence-electron chi connectivity index (χ2n) is 6.79. The van der Waals surface area contributed by atoms with Gasteiger partial charge < -0.3 is 9.80 Å². The zero-order valence-corrected chi connectivity index (χ0v) is 15.1. The van der Waals surface area contributed by atoms with Crippen molar-refractivity contribution in [2.45, 2.75) is 65.0 Å². The fourth-order valence-corrected chi connectivity index (χ4v) is 2.65. The molecule has 4 nitrogen and oxygen atoms in total. The van der Waals surface area contributed by atoms with E-state index in [1.54, 1.807) is 0 Å². The van der Waals surface area contributed by atoms with Crippen LogP contribution in [0.1, 0.15) is 53.4 Å². The van der Waals surface area contributed by atoms with E-state index >= 15 is 0 Å². The number of rotatable bonds is 12. The molecule has 0 spiro atoms. The zero-order chi connectivity index (χ0) is 16.3. The molecule has 1 N–H and O–H groups in total. The standard InChI is InChI=1S/C17H36N4/c1-7-21(14-10-12-20(5)6)13-9-8-11-17(4,15-18)19-16(2)3/h16,19H,7-14H2,1-6H3. The average molecular weight is 297 g/mol. The predicted octanol–water partition coefficient (Wildman–Crippen LogP) is 2.71. The van der Waals surface area contributed by atoms with Gasteiger partial charge in [0.1, 0.15) is 5.54 Å². The summed E-state index contributed by atoms with van der Waals surface area (Å²) in [5, 5.41) is 12.7. The highest BCUT2D eigenvalue weighted by atomic mass is 15.1. The molecule has 0 fully saturated rings. The zero-order valence-electron chi connectivity index (χ0n) is 15.1. The van der Waals surface area contributed by atoms with Gasteiger partial charge in [0.05, 0.1) is 6.07 Å². The Hall–Kier alpha value is -0.630. The molecule has 124 valence electrons. The van der Waals surface area contributed by atoms with Crippen molar-refractivity contribution in [3.05, 3.63) is 0 Å². The van der Waals surface area contributed by atoms with Crippen molar-refractivity contribution in [3.63, 3.8) is 0 Å². The van der Waals surface area contributed by atoms with Crippen LogP contribution in [0.5, 0.6) is 0 Å². The van der Waals surface area contributed by atoms with Crippen LogP contribution in [0.4, 0.5) is 0 Å². The highest BCUT2D eigenvalue weighted by molar-refractivity contribution is 5.04. The van der Waals surface area contributed by atoms with Crippen molar-refractivity contribution in [2.24, 2.45) is 0 Å². The smallest absolute Gasteiger partial charge is 0.104 e. The third-order valence-corrected chi connectivity index (χ3v) is 3.78. The molecule has 21 heavy (non-hydrogen) atoms. The Labute approximate surface area is 132 Å². The minimum absolute atomic E-state index is 0.354. The second-order valence-corrected chi connectivity index (χ2v) is 6.79. The summed E-state index contributed by atoms with van der Waals surface area (Å²) < 4.78 is 0. The summed E-state index contributed by atoms with van der Waals surface area (Å²) in [6, 6.07) is 2.78. The summed E-state index contributed by atoms with van der Waals surface area (Å²) in [5.41, 5.74) is -0.379. The Kier molecular flexibility index (Phi) is 10.7. The Morgan fingerprint density at radius 1 is 1.10 bits per heavy atom. The summed E-state index contributed by atoms with van der Waals surface area (Å²) >= 11 is 0. The van der Waals surface area contributed by atoms with Gasteiger partial charge in [0.25, 0.3) is 0 Å². The van der Waals surface area contributed by atoms with Crippen LogP contribution in [0.3, 0.4) is 0 Å². The van der Waals surface area contributed by atoms with Crippen LogP contribution in [0, 0.1) is 11.3 Å². The topological polar surface area (TPSA) is 42.3 Å². The van der Waals surface area contributed by atoms with E-state index in [0.717, 1.165) is 32.5 Å². The first-order valence-corrected chi connectivity index (χ1v) is 8.39. The minimum atomic E-state index is -0.379. The maximum atomic E-state index is 9.33. The fourth-order valence-electron chi connectivity index (χ4n) is 2.65. The molecule has 1 atom stereocenters. The summed E-state index contributed by atoms with van der Waals surface area (Å²) in [7, 11) is 4.25. The highest BCUT2D eigenvalue weighted by Gasteiger charge is 2.23. The van der Waals surface area contributed by atoms with Crippen LogP contribution < -0.4 is 5.32 Å². The van der Waals surface area contributed by atoms with Gasteiger partial charge in [-0.05, 0) is 86.7 Å². The number of hydrogen-bond acceptors (Lipinski definition) is 4. The van der Waals surface area contributed by atoms with E-state index < -0.39 is 0 Å². The van der Waals surface area contributed by atoms with Gasteiger partial charge in [-0.2, -0.15) is 5.26 Å². The molecule has 0 radical (unpaired) electrons. The van der Waals surface area contributed by atoms with Gasteiger partial charge in [0.2, 0.25) is 0 Å². The number of nitriles is 1. The van der Waals surface area contributed by atoms with Crippen molar-refractivity contribution in [2.75, 3.05) is 40.3 Å². The van der Waals surface area contributed by atoms with Crippen molar-refractivity contribution < 1.29 is 0 Å². The van der Waals surface area contributed by atoms with Crippen LogP contribution >= 0.6 is 0 Å². The molecule has 0 aromatic heterocycles. The number of nitrogens with zero attached hydrogens (tertiary/aromatic N) is 3. The van der Waals surface area contributed by atoms with E-state index in [9.17, 15) is 5.26 Å². The lowest BCUT2D eigenvalue weighted by Crippen LogP contribution is -2.45. The third-order valence-electron chi connectivity index (χ3n) is 3.78. The third kappa shape index (κ3) is 10.7. The quantitative estimate of drug-likeness (QED) is 0.562. The van der Waals surface area contributed by atoms with Crippen molar-refractivity contribution in [1.82, 2.24) is 15.1 Å². The Morgan fingerprint density at radius 3 is 2.19 bits per heavy atom. The summed E-state index contributed by atoms with van der Waals surface area (Å²) in [6.07, 6.45) is 4.43. The molecule has 0 aromatic carbocycles. The molecule has 0 aliphatic carbocycles. The maximum absolute atomic E-state index is 9.33. The van der Waals surface area contributed by atoms with E-state index in [1.807, 2.05) is 6.92 Å². The molecule has 0 saturated carbocycles. The SMILES string of the molecule is CCN(CCCCC(C)(C#N)NC(C)C)CCCN(C)C. The fraction of sp³-hybridized carbons (Fsp3) is 0.941.